The Kier molecular flexibility index (Phi) is 5.72. The number of nitrogens with zero attached hydrogens (tertiary/aromatic N) is 2. The van der Waals surface area contributed by atoms with Gasteiger partial charge in [0.1, 0.15) is 5.70 Å². The number of anilines is 1. The van der Waals surface area contributed by atoms with E-state index in [9.17, 15) is 27.9 Å². The molecule has 3 rings (SSSR count). The molecule has 0 spiro atoms. The molecule has 0 radical (unpaired) electrons. The third-order valence-electron chi connectivity index (χ3n) is 5.12. The zero-order valence-corrected chi connectivity index (χ0v) is 16.7. The molecule has 158 valence electrons. The van der Waals surface area contributed by atoms with Gasteiger partial charge in [-0.3, -0.25) is 9.59 Å². The Labute approximate surface area is 172 Å². The molecule has 8 heteroatoms. The molecule has 0 aliphatic carbocycles. The zero-order chi connectivity index (χ0) is 22.2. The van der Waals surface area contributed by atoms with Crippen LogP contribution in [-0.4, -0.2) is 42.0 Å². The fourth-order valence-electron chi connectivity index (χ4n) is 3.33. The van der Waals surface area contributed by atoms with E-state index in [4.69, 9.17) is 0 Å². The summed E-state index contributed by atoms with van der Waals surface area (Å²) in [6.07, 6.45) is -4.52. The average Bonchev–Trinajstić information content (AvgIpc) is 2.94. The monoisotopic (exact) mass is 418 g/mol. The van der Waals surface area contributed by atoms with Gasteiger partial charge in [-0.25, -0.2) is 4.90 Å². The first kappa shape index (κ1) is 21.6. The zero-order valence-electron chi connectivity index (χ0n) is 16.7. The Balaban J connectivity index is 2.09. The summed E-state index contributed by atoms with van der Waals surface area (Å²) >= 11 is 0. The highest BCUT2D eigenvalue weighted by molar-refractivity contribution is 6.45. The Morgan fingerprint density at radius 3 is 2.13 bits per heavy atom. The van der Waals surface area contributed by atoms with Gasteiger partial charge in [-0.1, -0.05) is 18.2 Å². The number of carbonyl (C=O) groups excluding carboxylic acids is 2. The number of halogens is 3. The maximum Gasteiger partial charge on any atom is 0.416 e. The topological polar surface area (TPSA) is 60.9 Å². The number of aliphatic hydroxyl groups is 1. The maximum atomic E-state index is 13.2. The van der Waals surface area contributed by atoms with Gasteiger partial charge < -0.3 is 10.0 Å². The number of aliphatic hydroxyl groups excluding tert-OH is 1. The van der Waals surface area contributed by atoms with Crippen LogP contribution in [-0.2, 0) is 15.8 Å². The number of carbonyl (C=O) groups is 2. The molecule has 0 bridgehead atoms. The molecule has 0 saturated heterocycles. The van der Waals surface area contributed by atoms with Crippen molar-refractivity contribution in [3.63, 3.8) is 0 Å². The van der Waals surface area contributed by atoms with Gasteiger partial charge in [-0.05, 0) is 54.8 Å². The molecule has 2 aromatic rings. The van der Waals surface area contributed by atoms with Gasteiger partial charge in [0.2, 0.25) is 0 Å². The highest BCUT2D eigenvalue weighted by Gasteiger charge is 2.42. The number of aryl methyl sites for hydroxylation is 2. The third-order valence-corrected chi connectivity index (χ3v) is 5.12. The fraction of sp³-hybridized carbons (Fsp3) is 0.273. The second-order valence-electron chi connectivity index (χ2n) is 7.16. The number of hydrogen-bond donors (Lipinski definition) is 1. The van der Waals surface area contributed by atoms with Crippen molar-refractivity contribution in [1.82, 2.24) is 4.90 Å². The lowest BCUT2D eigenvalue weighted by atomic mass is 9.99. The molecule has 5 nitrogen and oxygen atoms in total. The fourth-order valence-corrected chi connectivity index (χ4v) is 3.33. The van der Waals surface area contributed by atoms with Gasteiger partial charge in [0.15, 0.2) is 0 Å². The summed E-state index contributed by atoms with van der Waals surface area (Å²) in [5, 5.41) is 9.30. The number of likely N-dealkylation sites (N-methyl/N-ethyl adjacent to an activating group) is 1. The van der Waals surface area contributed by atoms with E-state index in [2.05, 4.69) is 0 Å². The lowest BCUT2D eigenvalue weighted by molar-refractivity contribution is -0.137. The molecule has 2 aromatic carbocycles. The van der Waals surface area contributed by atoms with Crippen LogP contribution in [0.4, 0.5) is 18.9 Å². The van der Waals surface area contributed by atoms with Gasteiger partial charge >= 0.3 is 6.18 Å². The number of rotatable bonds is 5. The second kappa shape index (κ2) is 7.95. The van der Waals surface area contributed by atoms with Crippen LogP contribution in [0.25, 0.3) is 5.57 Å². The molecule has 0 saturated carbocycles. The minimum Gasteiger partial charge on any atom is -0.395 e. The quantitative estimate of drug-likeness (QED) is 0.755. The minimum atomic E-state index is -4.52. The molecule has 0 fully saturated rings. The van der Waals surface area contributed by atoms with Crippen molar-refractivity contribution in [3.05, 3.63) is 70.4 Å². The summed E-state index contributed by atoms with van der Waals surface area (Å²) in [5.41, 5.74) is 1.90. The maximum absolute atomic E-state index is 13.2. The summed E-state index contributed by atoms with van der Waals surface area (Å²) < 4.78 is 38.6. The first-order chi connectivity index (χ1) is 14.1. The van der Waals surface area contributed by atoms with Crippen LogP contribution < -0.4 is 4.90 Å². The molecule has 1 heterocycles. The average molecular weight is 418 g/mol. The molecule has 0 atom stereocenters. The van der Waals surface area contributed by atoms with Crippen LogP contribution in [0.5, 0.6) is 0 Å². The summed E-state index contributed by atoms with van der Waals surface area (Å²) in [4.78, 5) is 28.8. The largest absolute Gasteiger partial charge is 0.416 e. The van der Waals surface area contributed by atoms with Gasteiger partial charge in [0.25, 0.3) is 11.8 Å². The predicted molar refractivity (Wildman–Crippen MR) is 106 cm³/mol. The number of alkyl halides is 3. The van der Waals surface area contributed by atoms with Gasteiger partial charge in [0, 0.05) is 13.6 Å². The van der Waals surface area contributed by atoms with Crippen molar-refractivity contribution in [2.75, 3.05) is 25.1 Å². The minimum absolute atomic E-state index is 0.0479. The SMILES string of the molecule is Cc1ccc(C2=C(N(C)CCO)C(=O)N(c3ccc(C(F)(F)F)cc3)C2=O)cc1C. The van der Waals surface area contributed by atoms with Crippen molar-refractivity contribution in [2.45, 2.75) is 20.0 Å². The third kappa shape index (κ3) is 3.82. The van der Waals surface area contributed by atoms with E-state index in [1.807, 2.05) is 19.9 Å². The van der Waals surface area contributed by atoms with Crippen molar-refractivity contribution in [1.29, 1.82) is 0 Å². The van der Waals surface area contributed by atoms with E-state index in [-0.39, 0.29) is 30.1 Å². The Bertz CT molecular complexity index is 1030. The van der Waals surface area contributed by atoms with E-state index in [1.165, 1.54) is 4.90 Å². The van der Waals surface area contributed by atoms with Crippen LogP contribution in [0, 0.1) is 13.8 Å². The van der Waals surface area contributed by atoms with Gasteiger partial charge in [-0.15, -0.1) is 0 Å². The molecule has 2 amide bonds. The normalized spacial score (nSPS) is 14.7. The summed E-state index contributed by atoms with van der Waals surface area (Å²) in [6.45, 7) is 3.68. The summed E-state index contributed by atoms with van der Waals surface area (Å²) in [6, 6.07) is 9.23. The number of imide groups is 1. The van der Waals surface area contributed by atoms with Crippen molar-refractivity contribution >= 4 is 23.1 Å². The standard InChI is InChI=1S/C22H21F3N2O3/c1-13-4-5-15(12-14(13)2)18-19(26(3)10-11-28)21(30)27(20(18)29)17-8-6-16(7-9-17)22(23,24)25/h4-9,12,28H,10-11H2,1-3H3. The molecule has 0 unspecified atom stereocenters. The van der Waals surface area contributed by atoms with Crippen molar-refractivity contribution in [2.24, 2.45) is 0 Å². The predicted octanol–water partition coefficient (Wildman–Crippen LogP) is 3.53. The van der Waals surface area contributed by atoms with Gasteiger partial charge in [-0.2, -0.15) is 13.2 Å². The van der Waals surface area contributed by atoms with E-state index >= 15 is 0 Å². The van der Waals surface area contributed by atoms with E-state index in [0.29, 0.717) is 5.56 Å². The highest BCUT2D eigenvalue weighted by Crippen LogP contribution is 2.36. The van der Waals surface area contributed by atoms with Gasteiger partial charge in [0.05, 0.1) is 23.4 Å². The molecule has 1 aliphatic rings. The van der Waals surface area contributed by atoms with E-state index < -0.39 is 23.6 Å². The lowest BCUT2D eigenvalue weighted by Crippen LogP contribution is -2.34. The van der Waals surface area contributed by atoms with E-state index in [1.54, 1.807) is 19.2 Å². The molecule has 0 aromatic heterocycles. The lowest BCUT2D eigenvalue weighted by Gasteiger charge is -2.20. The molecule has 30 heavy (non-hydrogen) atoms. The van der Waals surface area contributed by atoms with Crippen molar-refractivity contribution < 1.29 is 27.9 Å². The Hall–Kier alpha value is -3.13. The smallest absolute Gasteiger partial charge is 0.395 e. The molecule has 1 N–H and O–H groups in total. The first-order valence-corrected chi connectivity index (χ1v) is 9.26. The van der Waals surface area contributed by atoms with Crippen molar-refractivity contribution in [3.8, 4) is 0 Å². The molecule has 1 aliphatic heterocycles. The van der Waals surface area contributed by atoms with Crippen LogP contribution in [0.15, 0.2) is 48.2 Å². The number of hydrogen-bond acceptors (Lipinski definition) is 4. The van der Waals surface area contributed by atoms with E-state index in [0.717, 1.165) is 40.3 Å². The Morgan fingerprint density at radius 2 is 1.60 bits per heavy atom. The number of benzene rings is 2. The van der Waals surface area contributed by atoms with Crippen LogP contribution >= 0.6 is 0 Å². The highest BCUT2D eigenvalue weighted by atomic mass is 19.4. The first-order valence-electron chi connectivity index (χ1n) is 9.26. The molecular formula is C22H21F3N2O3. The summed E-state index contributed by atoms with van der Waals surface area (Å²) in [7, 11) is 1.58. The number of amides is 2. The van der Waals surface area contributed by atoms with Crippen LogP contribution in [0.2, 0.25) is 0 Å². The Morgan fingerprint density at radius 1 is 0.967 bits per heavy atom. The van der Waals surface area contributed by atoms with Crippen LogP contribution in [0.1, 0.15) is 22.3 Å². The van der Waals surface area contributed by atoms with Crippen LogP contribution in [0.3, 0.4) is 0 Å². The second-order valence-corrected chi connectivity index (χ2v) is 7.16. The molecular weight excluding hydrogens is 397 g/mol. The summed E-state index contributed by atoms with van der Waals surface area (Å²) in [5.74, 6) is -1.27.